The van der Waals surface area contributed by atoms with Crippen molar-refractivity contribution in [1.29, 1.82) is 0 Å². The van der Waals surface area contributed by atoms with Crippen molar-refractivity contribution in [3.8, 4) is 0 Å². The highest BCUT2D eigenvalue weighted by Crippen LogP contribution is 2.28. The van der Waals surface area contributed by atoms with Crippen molar-refractivity contribution in [3.05, 3.63) is 89.0 Å². The number of hydrogen-bond acceptors (Lipinski definition) is 1. The van der Waals surface area contributed by atoms with Crippen LogP contribution in [0.2, 0.25) is 0 Å². The van der Waals surface area contributed by atoms with Crippen molar-refractivity contribution < 1.29 is 4.79 Å². The Hall–Kier alpha value is -2.61. The van der Waals surface area contributed by atoms with Crippen LogP contribution in [0.25, 0.3) is 6.08 Å². The molecule has 2 heteroatoms. The number of nitrogens with one attached hydrogen (secondary N) is 1. The van der Waals surface area contributed by atoms with E-state index in [2.05, 4.69) is 36.2 Å². The lowest BCUT2D eigenvalue weighted by atomic mass is 9.97. The van der Waals surface area contributed by atoms with Crippen LogP contribution in [0.15, 0.2) is 61.2 Å². The van der Waals surface area contributed by atoms with Gasteiger partial charge in [-0.05, 0) is 53.6 Å². The summed E-state index contributed by atoms with van der Waals surface area (Å²) >= 11 is 0. The van der Waals surface area contributed by atoms with Gasteiger partial charge in [0.15, 0.2) is 0 Å². The van der Waals surface area contributed by atoms with Crippen LogP contribution < -0.4 is 5.32 Å². The van der Waals surface area contributed by atoms with Gasteiger partial charge in [0.1, 0.15) is 0 Å². The first kappa shape index (κ1) is 19.2. The molecule has 2 nitrogen and oxygen atoms in total. The molecular formula is C25H29NO. The summed E-state index contributed by atoms with van der Waals surface area (Å²) in [4.78, 5) is 12.6. The van der Waals surface area contributed by atoms with Crippen molar-refractivity contribution in [3.63, 3.8) is 0 Å². The largest absolute Gasteiger partial charge is 0.348 e. The summed E-state index contributed by atoms with van der Waals surface area (Å²) in [6.07, 6.45) is 12.2. The minimum Gasteiger partial charge on any atom is -0.348 e. The SMILES string of the molecule is C=C/C=C\c1cc(C(=O)NCc2cccc(CC3CCCC3)c2)ccc1C. The van der Waals surface area contributed by atoms with Gasteiger partial charge < -0.3 is 5.32 Å². The van der Waals surface area contributed by atoms with E-state index >= 15 is 0 Å². The molecule has 1 fully saturated rings. The van der Waals surface area contributed by atoms with E-state index in [0.29, 0.717) is 12.1 Å². The summed E-state index contributed by atoms with van der Waals surface area (Å²) in [6.45, 7) is 6.30. The zero-order valence-corrected chi connectivity index (χ0v) is 16.2. The Balaban J connectivity index is 1.62. The Kier molecular flexibility index (Phi) is 6.64. The Labute approximate surface area is 163 Å². The average Bonchev–Trinajstić information content (AvgIpc) is 3.19. The van der Waals surface area contributed by atoms with E-state index in [9.17, 15) is 4.79 Å². The first-order chi connectivity index (χ1) is 13.2. The van der Waals surface area contributed by atoms with Crippen molar-refractivity contribution in [2.45, 2.75) is 45.6 Å². The molecule has 1 N–H and O–H groups in total. The third-order valence-corrected chi connectivity index (χ3v) is 5.40. The second kappa shape index (κ2) is 9.36. The Bertz CT molecular complexity index is 828. The molecule has 1 saturated carbocycles. The van der Waals surface area contributed by atoms with E-state index in [0.717, 1.165) is 22.6 Å². The molecular weight excluding hydrogens is 330 g/mol. The first-order valence-corrected chi connectivity index (χ1v) is 9.91. The molecule has 0 heterocycles. The quantitative estimate of drug-likeness (QED) is 0.617. The summed E-state index contributed by atoms with van der Waals surface area (Å²) in [7, 11) is 0. The molecule has 0 spiro atoms. The zero-order valence-electron chi connectivity index (χ0n) is 16.2. The van der Waals surface area contributed by atoms with E-state index in [-0.39, 0.29) is 5.91 Å². The van der Waals surface area contributed by atoms with Crippen LogP contribution in [0.3, 0.4) is 0 Å². The van der Waals surface area contributed by atoms with Crippen LogP contribution in [-0.4, -0.2) is 5.91 Å². The molecule has 2 aromatic rings. The summed E-state index contributed by atoms with van der Waals surface area (Å²) in [6, 6.07) is 14.4. The molecule has 27 heavy (non-hydrogen) atoms. The maximum absolute atomic E-state index is 12.6. The molecule has 1 aliphatic rings. The van der Waals surface area contributed by atoms with Crippen molar-refractivity contribution in [1.82, 2.24) is 5.32 Å². The maximum atomic E-state index is 12.6. The first-order valence-electron chi connectivity index (χ1n) is 9.91. The fourth-order valence-corrected chi connectivity index (χ4v) is 3.83. The van der Waals surface area contributed by atoms with Crippen LogP contribution in [0.4, 0.5) is 0 Å². The summed E-state index contributed by atoms with van der Waals surface area (Å²) in [5.74, 6) is 0.800. The highest BCUT2D eigenvalue weighted by Gasteiger charge is 2.15. The molecule has 0 unspecified atom stereocenters. The summed E-state index contributed by atoms with van der Waals surface area (Å²) in [5, 5.41) is 3.06. The number of amides is 1. The fraction of sp³-hybridized carbons (Fsp3) is 0.320. The van der Waals surface area contributed by atoms with E-state index in [4.69, 9.17) is 0 Å². The standard InChI is InChI=1S/C25H29NO/c1-3-4-12-23-17-24(14-13-19(23)2)25(27)26-18-22-11-7-10-21(16-22)15-20-8-5-6-9-20/h3-4,7,10-14,16-17,20H,1,5-6,8-9,15,18H2,2H3,(H,26,27)/b12-4-. The number of carbonyl (C=O) groups is 1. The smallest absolute Gasteiger partial charge is 0.251 e. The third-order valence-electron chi connectivity index (χ3n) is 5.40. The molecule has 0 atom stereocenters. The van der Waals surface area contributed by atoms with Crippen LogP contribution in [0, 0.1) is 12.8 Å². The molecule has 0 saturated heterocycles. The molecule has 2 aromatic carbocycles. The van der Waals surface area contributed by atoms with Gasteiger partial charge in [-0.2, -0.15) is 0 Å². The summed E-state index contributed by atoms with van der Waals surface area (Å²) in [5.41, 5.74) is 5.43. The Morgan fingerprint density at radius 3 is 2.70 bits per heavy atom. The molecule has 0 bridgehead atoms. The number of benzene rings is 2. The second-order valence-corrected chi connectivity index (χ2v) is 7.52. The molecule has 1 amide bonds. The molecule has 0 aliphatic heterocycles. The predicted octanol–water partition coefficient (Wildman–Crippen LogP) is 5.86. The third kappa shape index (κ3) is 5.43. The van der Waals surface area contributed by atoms with Gasteiger partial charge in [-0.15, -0.1) is 0 Å². The van der Waals surface area contributed by atoms with Gasteiger partial charge in [-0.1, -0.05) is 80.8 Å². The Morgan fingerprint density at radius 1 is 1.15 bits per heavy atom. The maximum Gasteiger partial charge on any atom is 0.251 e. The lowest BCUT2D eigenvalue weighted by Gasteiger charge is -2.11. The number of aryl methyl sites for hydroxylation is 1. The number of rotatable bonds is 7. The lowest BCUT2D eigenvalue weighted by Crippen LogP contribution is -2.23. The van der Waals surface area contributed by atoms with Crippen LogP contribution in [0.5, 0.6) is 0 Å². The van der Waals surface area contributed by atoms with Gasteiger partial charge in [-0.25, -0.2) is 0 Å². The van der Waals surface area contributed by atoms with E-state index in [1.807, 2.05) is 37.3 Å². The Morgan fingerprint density at radius 2 is 1.93 bits per heavy atom. The zero-order chi connectivity index (χ0) is 19.1. The monoisotopic (exact) mass is 359 g/mol. The number of allylic oxidation sites excluding steroid dienone is 2. The topological polar surface area (TPSA) is 29.1 Å². The van der Waals surface area contributed by atoms with Crippen LogP contribution in [0.1, 0.15) is 58.3 Å². The lowest BCUT2D eigenvalue weighted by molar-refractivity contribution is 0.0951. The van der Waals surface area contributed by atoms with Gasteiger partial charge in [0.25, 0.3) is 5.91 Å². The predicted molar refractivity (Wildman–Crippen MR) is 114 cm³/mol. The second-order valence-electron chi connectivity index (χ2n) is 7.52. The van der Waals surface area contributed by atoms with Crippen molar-refractivity contribution >= 4 is 12.0 Å². The normalized spacial score (nSPS) is 14.6. The van der Waals surface area contributed by atoms with E-state index < -0.39 is 0 Å². The highest BCUT2D eigenvalue weighted by molar-refractivity contribution is 5.94. The van der Waals surface area contributed by atoms with Crippen LogP contribution >= 0.6 is 0 Å². The minimum absolute atomic E-state index is 0.0375. The highest BCUT2D eigenvalue weighted by atomic mass is 16.1. The van der Waals surface area contributed by atoms with Crippen molar-refractivity contribution in [2.75, 3.05) is 0 Å². The van der Waals surface area contributed by atoms with Crippen molar-refractivity contribution in [2.24, 2.45) is 5.92 Å². The number of hydrogen-bond donors (Lipinski definition) is 1. The van der Waals surface area contributed by atoms with Gasteiger partial charge in [0, 0.05) is 12.1 Å². The van der Waals surface area contributed by atoms with Gasteiger partial charge in [-0.3, -0.25) is 4.79 Å². The molecule has 1 aliphatic carbocycles. The van der Waals surface area contributed by atoms with Gasteiger partial charge in [0.2, 0.25) is 0 Å². The summed E-state index contributed by atoms with van der Waals surface area (Å²) < 4.78 is 0. The van der Waals surface area contributed by atoms with Gasteiger partial charge in [0.05, 0.1) is 0 Å². The average molecular weight is 360 g/mol. The van der Waals surface area contributed by atoms with Crippen LogP contribution in [-0.2, 0) is 13.0 Å². The number of carbonyl (C=O) groups excluding carboxylic acids is 1. The van der Waals surface area contributed by atoms with E-state index in [1.54, 1.807) is 6.08 Å². The molecule has 140 valence electrons. The minimum atomic E-state index is -0.0375. The van der Waals surface area contributed by atoms with Gasteiger partial charge >= 0.3 is 0 Å². The fourth-order valence-electron chi connectivity index (χ4n) is 3.83. The molecule has 0 aromatic heterocycles. The van der Waals surface area contributed by atoms with E-state index in [1.165, 1.54) is 37.7 Å². The molecule has 3 rings (SSSR count). The molecule has 0 radical (unpaired) electrons.